The second kappa shape index (κ2) is 6.25. The molecule has 1 aliphatic heterocycles. The van der Waals surface area contributed by atoms with Gasteiger partial charge in [0.25, 0.3) is 0 Å². The summed E-state index contributed by atoms with van der Waals surface area (Å²) in [6.07, 6.45) is 6.47. The molecule has 3 heteroatoms. The Morgan fingerprint density at radius 2 is 2.05 bits per heavy atom. The number of halogens is 1. The van der Waals surface area contributed by atoms with Gasteiger partial charge in [0.15, 0.2) is 0 Å². The third-order valence-corrected chi connectivity index (χ3v) is 4.50. The third-order valence-electron chi connectivity index (χ3n) is 4.50. The van der Waals surface area contributed by atoms with Crippen molar-refractivity contribution in [2.75, 3.05) is 20.7 Å². The summed E-state index contributed by atoms with van der Waals surface area (Å²) in [4.78, 5) is 2.37. The van der Waals surface area contributed by atoms with Crippen LogP contribution in [0.2, 0.25) is 0 Å². The van der Waals surface area contributed by atoms with Crippen molar-refractivity contribution in [1.29, 1.82) is 0 Å². The van der Waals surface area contributed by atoms with Crippen LogP contribution in [0.15, 0.2) is 18.2 Å². The Bertz CT molecular complexity index is 427. The molecule has 1 saturated heterocycles. The smallest absolute Gasteiger partial charge is 0.0828 e. The van der Waals surface area contributed by atoms with Crippen LogP contribution < -0.4 is 0 Å². The average molecular weight is 282 g/mol. The van der Waals surface area contributed by atoms with Crippen LogP contribution in [0.5, 0.6) is 0 Å². The van der Waals surface area contributed by atoms with E-state index in [1.165, 1.54) is 37.7 Å². The molecule has 1 aromatic carbocycles. The highest BCUT2D eigenvalue weighted by Gasteiger charge is 2.26. The van der Waals surface area contributed by atoms with Gasteiger partial charge in [-0.25, -0.2) is 0 Å². The first kappa shape index (κ1) is 14.8. The van der Waals surface area contributed by atoms with Gasteiger partial charge in [0.2, 0.25) is 0 Å². The molecule has 0 saturated carbocycles. The SMILES string of the molecule is CN(C)C1CCc2cccc([C@H]3CCCO3)c2C1.Cl. The number of fused-ring (bicyclic) bond motifs is 1. The summed E-state index contributed by atoms with van der Waals surface area (Å²) in [6.45, 7) is 0.936. The summed E-state index contributed by atoms with van der Waals surface area (Å²) < 4.78 is 5.89. The average Bonchev–Trinajstić information content (AvgIpc) is 2.91. The van der Waals surface area contributed by atoms with E-state index in [0.717, 1.165) is 6.61 Å². The molecule has 106 valence electrons. The lowest BCUT2D eigenvalue weighted by Crippen LogP contribution is -2.34. The number of hydrogen-bond acceptors (Lipinski definition) is 2. The number of nitrogens with zero attached hydrogens (tertiary/aromatic N) is 1. The highest BCUT2D eigenvalue weighted by atomic mass is 35.5. The number of aryl methyl sites for hydroxylation is 1. The fraction of sp³-hybridized carbons (Fsp3) is 0.625. The summed E-state index contributed by atoms with van der Waals surface area (Å²) in [5, 5.41) is 0. The van der Waals surface area contributed by atoms with Crippen LogP contribution in [0.25, 0.3) is 0 Å². The molecule has 2 nitrogen and oxygen atoms in total. The fourth-order valence-corrected chi connectivity index (χ4v) is 3.36. The number of hydrogen-bond donors (Lipinski definition) is 0. The maximum atomic E-state index is 5.89. The molecule has 2 atom stereocenters. The molecule has 1 heterocycles. The summed E-state index contributed by atoms with van der Waals surface area (Å²) >= 11 is 0. The van der Waals surface area contributed by atoms with Crippen LogP contribution in [0.3, 0.4) is 0 Å². The van der Waals surface area contributed by atoms with E-state index in [4.69, 9.17) is 4.74 Å². The zero-order chi connectivity index (χ0) is 12.5. The zero-order valence-electron chi connectivity index (χ0n) is 11.9. The summed E-state index contributed by atoms with van der Waals surface area (Å²) in [5.41, 5.74) is 4.60. The maximum absolute atomic E-state index is 5.89. The Labute approximate surface area is 122 Å². The van der Waals surface area contributed by atoms with E-state index < -0.39 is 0 Å². The standard InChI is InChI=1S/C16H23NO.ClH/c1-17(2)13-9-8-12-5-3-6-14(15(12)11-13)16-7-4-10-18-16;/h3,5-6,13,16H,4,7-11H2,1-2H3;1H/t13?,16-;/m1./s1. The van der Waals surface area contributed by atoms with Gasteiger partial charge in [-0.3, -0.25) is 0 Å². The Balaban J connectivity index is 0.00000133. The van der Waals surface area contributed by atoms with Crippen molar-refractivity contribution in [1.82, 2.24) is 4.90 Å². The molecule has 0 bridgehead atoms. The first-order valence-electron chi connectivity index (χ1n) is 7.14. The van der Waals surface area contributed by atoms with Crippen molar-refractivity contribution in [2.45, 2.75) is 44.2 Å². The van der Waals surface area contributed by atoms with E-state index in [9.17, 15) is 0 Å². The number of benzene rings is 1. The predicted molar refractivity (Wildman–Crippen MR) is 81.1 cm³/mol. The molecule has 1 fully saturated rings. The number of likely N-dealkylation sites (N-methyl/N-ethyl adjacent to an activating group) is 1. The van der Waals surface area contributed by atoms with Gasteiger partial charge >= 0.3 is 0 Å². The van der Waals surface area contributed by atoms with Gasteiger partial charge in [-0.15, -0.1) is 12.4 Å². The monoisotopic (exact) mass is 281 g/mol. The quantitative estimate of drug-likeness (QED) is 0.824. The van der Waals surface area contributed by atoms with Crippen molar-refractivity contribution in [3.8, 4) is 0 Å². The van der Waals surface area contributed by atoms with Gasteiger partial charge in [-0.1, -0.05) is 18.2 Å². The molecule has 0 radical (unpaired) electrons. The van der Waals surface area contributed by atoms with Crippen molar-refractivity contribution < 1.29 is 4.74 Å². The molecule has 1 aromatic rings. The van der Waals surface area contributed by atoms with E-state index in [1.54, 1.807) is 11.1 Å². The first-order chi connectivity index (χ1) is 8.75. The van der Waals surface area contributed by atoms with E-state index in [-0.39, 0.29) is 12.4 Å². The second-order valence-electron chi connectivity index (χ2n) is 5.85. The topological polar surface area (TPSA) is 12.5 Å². The number of rotatable bonds is 2. The summed E-state index contributed by atoms with van der Waals surface area (Å²) in [6, 6.07) is 7.50. The van der Waals surface area contributed by atoms with Gasteiger partial charge in [0, 0.05) is 12.6 Å². The molecule has 3 rings (SSSR count). The molecule has 19 heavy (non-hydrogen) atoms. The molecule has 0 spiro atoms. The minimum Gasteiger partial charge on any atom is -0.374 e. The van der Waals surface area contributed by atoms with E-state index in [0.29, 0.717) is 12.1 Å². The minimum atomic E-state index is 0. The molecule has 1 aliphatic carbocycles. The van der Waals surface area contributed by atoms with Gasteiger partial charge in [-0.05, 0) is 62.9 Å². The van der Waals surface area contributed by atoms with Crippen LogP contribution in [-0.2, 0) is 17.6 Å². The molecular weight excluding hydrogens is 258 g/mol. The van der Waals surface area contributed by atoms with Gasteiger partial charge in [0.1, 0.15) is 0 Å². The Kier molecular flexibility index (Phi) is 4.88. The van der Waals surface area contributed by atoms with Crippen LogP contribution in [0, 0.1) is 0 Å². The second-order valence-corrected chi connectivity index (χ2v) is 5.85. The van der Waals surface area contributed by atoms with Crippen molar-refractivity contribution in [3.63, 3.8) is 0 Å². The van der Waals surface area contributed by atoms with Crippen LogP contribution in [-0.4, -0.2) is 31.6 Å². The van der Waals surface area contributed by atoms with Gasteiger partial charge < -0.3 is 9.64 Å². The fourth-order valence-electron chi connectivity index (χ4n) is 3.36. The lowest BCUT2D eigenvalue weighted by Gasteiger charge is -2.32. The Morgan fingerprint density at radius 3 is 2.74 bits per heavy atom. The van der Waals surface area contributed by atoms with E-state index in [1.807, 2.05) is 0 Å². The van der Waals surface area contributed by atoms with Crippen LogP contribution in [0.1, 0.15) is 42.1 Å². The van der Waals surface area contributed by atoms with Crippen LogP contribution >= 0.6 is 12.4 Å². The van der Waals surface area contributed by atoms with E-state index >= 15 is 0 Å². The largest absolute Gasteiger partial charge is 0.374 e. The van der Waals surface area contributed by atoms with Crippen LogP contribution in [0.4, 0.5) is 0 Å². The summed E-state index contributed by atoms with van der Waals surface area (Å²) in [7, 11) is 4.40. The molecule has 0 aromatic heterocycles. The maximum Gasteiger partial charge on any atom is 0.0828 e. The first-order valence-corrected chi connectivity index (χ1v) is 7.14. The molecule has 0 amide bonds. The lowest BCUT2D eigenvalue weighted by molar-refractivity contribution is 0.110. The van der Waals surface area contributed by atoms with Crippen molar-refractivity contribution in [2.24, 2.45) is 0 Å². The minimum absolute atomic E-state index is 0. The normalized spacial score (nSPS) is 26.1. The van der Waals surface area contributed by atoms with Gasteiger partial charge in [0.05, 0.1) is 6.10 Å². The third kappa shape index (κ3) is 2.96. The van der Waals surface area contributed by atoms with Crippen molar-refractivity contribution in [3.05, 3.63) is 34.9 Å². The number of ether oxygens (including phenoxy) is 1. The molecular formula is C16H24ClNO. The highest BCUT2D eigenvalue weighted by Crippen LogP contribution is 2.35. The van der Waals surface area contributed by atoms with E-state index in [2.05, 4.69) is 37.2 Å². The molecule has 2 aliphatic rings. The molecule has 0 N–H and O–H groups in total. The lowest BCUT2D eigenvalue weighted by atomic mass is 9.83. The Hall–Kier alpha value is -0.570. The Morgan fingerprint density at radius 1 is 1.21 bits per heavy atom. The van der Waals surface area contributed by atoms with Gasteiger partial charge in [-0.2, -0.15) is 0 Å². The van der Waals surface area contributed by atoms with Crippen molar-refractivity contribution >= 4 is 12.4 Å². The predicted octanol–water partition coefficient (Wildman–Crippen LogP) is 3.38. The summed E-state index contributed by atoms with van der Waals surface area (Å²) in [5.74, 6) is 0. The highest BCUT2D eigenvalue weighted by molar-refractivity contribution is 5.85. The molecule has 1 unspecified atom stereocenters. The zero-order valence-corrected chi connectivity index (χ0v) is 12.7.